The fraction of sp³-hybridized carbons (Fsp3) is 0.211. The third-order valence-electron chi connectivity index (χ3n) is 4.74. The number of hydrogen-bond donors (Lipinski definition) is 1. The van der Waals surface area contributed by atoms with Gasteiger partial charge in [-0.15, -0.1) is 0 Å². The first-order chi connectivity index (χ1) is 14.5. The van der Waals surface area contributed by atoms with Gasteiger partial charge in [0.05, 0.1) is 20.7 Å². The van der Waals surface area contributed by atoms with Gasteiger partial charge in [0.1, 0.15) is 12.1 Å². The van der Waals surface area contributed by atoms with Crippen LogP contribution >= 0.6 is 23.2 Å². The quantitative estimate of drug-likeness (QED) is 0.461. The minimum atomic E-state index is -0.485. The Labute approximate surface area is 182 Å². The summed E-state index contributed by atoms with van der Waals surface area (Å²) in [5.74, 6) is 1.20. The van der Waals surface area contributed by atoms with Crippen molar-refractivity contribution < 1.29 is 4.92 Å². The molecular formula is C19H17Cl2N7O2. The van der Waals surface area contributed by atoms with Gasteiger partial charge >= 0.3 is 5.69 Å². The molecule has 3 aromatic rings. The topological polar surface area (TPSA) is 100 Å². The van der Waals surface area contributed by atoms with Gasteiger partial charge in [0, 0.05) is 32.4 Å². The van der Waals surface area contributed by atoms with E-state index in [-0.39, 0.29) is 22.3 Å². The maximum atomic E-state index is 11.9. The summed E-state index contributed by atoms with van der Waals surface area (Å²) in [7, 11) is 0. The van der Waals surface area contributed by atoms with E-state index in [9.17, 15) is 10.1 Å². The summed E-state index contributed by atoms with van der Waals surface area (Å²) in [5.41, 5.74) is 0.219. The summed E-state index contributed by atoms with van der Waals surface area (Å²) in [6.07, 6.45) is 3.05. The number of anilines is 4. The monoisotopic (exact) mass is 445 g/mol. The van der Waals surface area contributed by atoms with Crippen LogP contribution in [-0.2, 0) is 0 Å². The fourth-order valence-corrected chi connectivity index (χ4v) is 3.62. The number of nitro groups is 1. The Bertz CT molecular complexity index is 1060. The van der Waals surface area contributed by atoms with Gasteiger partial charge in [-0.25, -0.2) is 15.0 Å². The van der Waals surface area contributed by atoms with Gasteiger partial charge in [0.15, 0.2) is 0 Å². The van der Waals surface area contributed by atoms with Crippen LogP contribution < -0.4 is 15.1 Å². The molecule has 0 amide bonds. The lowest BCUT2D eigenvalue weighted by Gasteiger charge is -2.35. The molecule has 1 aliphatic heterocycles. The minimum absolute atomic E-state index is 0.0568. The molecule has 154 valence electrons. The third-order valence-corrected chi connectivity index (χ3v) is 5.56. The van der Waals surface area contributed by atoms with Crippen LogP contribution in [0.4, 0.5) is 28.8 Å². The molecule has 4 rings (SSSR count). The molecule has 1 N–H and O–H groups in total. The third kappa shape index (κ3) is 4.07. The Kier molecular flexibility index (Phi) is 5.82. The Morgan fingerprint density at radius 2 is 1.73 bits per heavy atom. The average molecular weight is 446 g/mol. The van der Waals surface area contributed by atoms with Crippen molar-refractivity contribution in [1.82, 2.24) is 15.0 Å². The van der Waals surface area contributed by atoms with E-state index in [0.717, 1.165) is 5.82 Å². The highest BCUT2D eigenvalue weighted by atomic mass is 35.5. The zero-order valence-corrected chi connectivity index (χ0v) is 17.2. The molecule has 0 spiro atoms. The van der Waals surface area contributed by atoms with E-state index in [1.165, 1.54) is 6.33 Å². The highest BCUT2D eigenvalue weighted by Gasteiger charge is 2.30. The van der Waals surface area contributed by atoms with E-state index in [0.29, 0.717) is 36.9 Å². The Morgan fingerprint density at radius 1 is 0.967 bits per heavy atom. The van der Waals surface area contributed by atoms with Crippen LogP contribution in [0.25, 0.3) is 0 Å². The summed E-state index contributed by atoms with van der Waals surface area (Å²) in [4.78, 5) is 28.1. The SMILES string of the molecule is O=[N+]([O-])c1c(Nc2cccc(Cl)c2Cl)ncnc1N1CCN(c2ccccn2)CC1. The molecule has 11 heteroatoms. The predicted octanol–water partition coefficient (Wildman–Crippen LogP) is 4.16. The van der Waals surface area contributed by atoms with Crippen LogP contribution in [0.1, 0.15) is 0 Å². The smallest absolute Gasteiger partial charge is 0.353 e. The van der Waals surface area contributed by atoms with E-state index in [2.05, 4.69) is 25.2 Å². The lowest BCUT2D eigenvalue weighted by atomic mass is 10.2. The van der Waals surface area contributed by atoms with Crippen molar-refractivity contribution >= 4 is 52.0 Å². The van der Waals surface area contributed by atoms with Crippen LogP contribution in [-0.4, -0.2) is 46.1 Å². The lowest BCUT2D eigenvalue weighted by molar-refractivity contribution is -0.383. The number of aromatic nitrogens is 3. The standard InChI is InChI=1S/C19H17Cl2N7O2/c20-13-4-3-5-14(16(13)21)25-18-17(28(29)30)19(24-12-23-18)27-10-8-26(9-11-27)15-6-1-2-7-22-15/h1-7,12H,8-11H2,(H,23,24,25). The Balaban J connectivity index is 1.59. The number of pyridine rings is 1. The van der Waals surface area contributed by atoms with Gasteiger partial charge in [0.25, 0.3) is 0 Å². The molecule has 0 saturated carbocycles. The largest absolute Gasteiger partial charge is 0.353 e. The molecule has 0 aliphatic carbocycles. The first-order valence-corrected chi connectivity index (χ1v) is 9.91. The molecular weight excluding hydrogens is 429 g/mol. The number of nitrogens with one attached hydrogen (secondary N) is 1. The molecule has 3 heterocycles. The highest BCUT2D eigenvalue weighted by Crippen LogP contribution is 2.37. The van der Waals surface area contributed by atoms with Gasteiger partial charge < -0.3 is 15.1 Å². The van der Waals surface area contributed by atoms with Gasteiger partial charge in [-0.2, -0.15) is 0 Å². The van der Waals surface area contributed by atoms with E-state index in [1.807, 2.05) is 23.1 Å². The molecule has 1 saturated heterocycles. The molecule has 2 aromatic heterocycles. The first-order valence-electron chi connectivity index (χ1n) is 9.16. The normalized spacial score (nSPS) is 13.9. The second-order valence-corrected chi connectivity index (χ2v) is 7.33. The van der Waals surface area contributed by atoms with Crippen molar-refractivity contribution in [2.75, 3.05) is 41.3 Å². The molecule has 1 fully saturated rings. The number of nitrogens with zero attached hydrogens (tertiary/aromatic N) is 6. The second kappa shape index (κ2) is 8.68. The molecule has 1 aliphatic rings. The van der Waals surface area contributed by atoms with E-state index >= 15 is 0 Å². The van der Waals surface area contributed by atoms with E-state index in [1.54, 1.807) is 24.4 Å². The molecule has 9 nitrogen and oxygen atoms in total. The molecule has 0 atom stereocenters. The summed E-state index contributed by atoms with van der Waals surface area (Å²) in [6, 6.07) is 10.7. The molecule has 1 aromatic carbocycles. The summed E-state index contributed by atoms with van der Waals surface area (Å²) in [5, 5.41) is 15.4. The number of rotatable bonds is 5. The van der Waals surface area contributed by atoms with Crippen molar-refractivity contribution in [3.05, 3.63) is 69.1 Å². The van der Waals surface area contributed by atoms with Gasteiger partial charge in [-0.3, -0.25) is 10.1 Å². The first kappa shape index (κ1) is 20.1. The van der Waals surface area contributed by atoms with Crippen molar-refractivity contribution in [3.63, 3.8) is 0 Å². The Morgan fingerprint density at radius 3 is 2.43 bits per heavy atom. The van der Waals surface area contributed by atoms with Crippen LogP contribution in [0.2, 0.25) is 10.0 Å². The van der Waals surface area contributed by atoms with Crippen LogP contribution in [0.15, 0.2) is 48.9 Å². The van der Waals surface area contributed by atoms with Crippen LogP contribution in [0.5, 0.6) is 0 Å². The zero-order valence-electron chi connectivity index (χ0n) is 15.7. The maximum Gasteiger partial charge on any atom is 0.353 e. The maximum absolute atomic E-state index is 11.9. The Hall–Kier alpha value is -3.17. The van der Waals surface area contributed by atoms with Crippen molar-refractivity contribution in [3.8, 4) is 0 Å². The van der Waals surface area contributed by atoms with Crippen molar-refractivity contribution in [2.24, 2.45) is 0 Å². The number of hydrogen-bond acceptors (Lipinski definition) is 8. The average Bonchev–Trinajstić information content (AvgIpc) is 2.77. The molecule has 0 radical (unpaired) electrons. The fourth-order valence-electron chi connectivity index (χ4n) is 3.28. The van der Waals surface area contributed by atoms with Crippen molar-refractivity contribution in [1.29, 1.82) is 0 Å². The van der Waals surface area contributed by atoms with Gasteiger partial charge in [-0.1, -0.05) is 35.3 Å². The van der Waals surface area contributed by atoms with E-state index in [4.69, 9.17) is 23.2 Å². The number of halogens is 2. The number of benzene rings is 1. The van der Waals surface area contributed by atoms with Crippen molar-refractivity contribution in [2.45, 2.75) is 0 Å². The molecule has 0 bridgehead atoms. The summed E-state index contributed by atoms with van der Waals surface area (Å²) >= 11 is 12.3. The highest BCUT2D eigenvalue weighted by molar-refractivity contribution is 6.43. The van der Waals surface area contributed by atoms with Gasteiger partial charge in [-0.05, 0) is 24.3 Å². The van der Waals surface area contributed by atoms with E-state index < -0.39 is 4.92 Å². The predicted molar refractivity (Wildman–Crippen MR) is 117 cm³/mol. The summed E-state index contributed by atoms with van der Waals surface area (Å²) in [6.45, 7) is 2.46. The second-order valence-electron chi connectivity index (χ2n) is 6.54. The van der Waals surface area contributed by atoms with Gasteiger partial charge in [0.2, 0.25) is 11.6 Å². The molecule has 30 heavy (non-hydrogen) atoms. The van der Waals surface area contributed by atoms with Crippen LogP contribution in [0, 0.1) is 10.1 Å². The zero-order chi connectivity index (χ0) is 21.1. The lowest BCUT2D eigenvalue weighted by Crippen LogP contribution is -2.47. The number of piperazine rings is 1. The summed E-state index contributed by atoms with van der Waals surface area (Å²) < 4.78 is 0. The minimum Gasteiger partial charge on any atom is -0.353 e. The molecule has 0 unspecified atom stereocenters. The van der Waals surface area contributed by atoms with Crippen LogP contribution in [0.3, 0.4) is 0 Å².